The van der Waals surface area contributed by atoms with Crippen LogP contribution in [-0.4, -0.2) is 30.4 Å². The number of carbonyl (C=O) groups is 1. The topological polar surface area (TPSA) is 56.7 Å². The number of hydrogen-bond donors (Lipinski definition) is 2. The largest absolute Gasteiger partial charge is 0.352 e. The van der Waals surface area contributed by atoms with Gasteiger partial charge in [0.25, 0.3) is 0 Å². The Kier molecular flexibility index (Phi) is 9.23. The standard InChI is InChI=1S/C22H27ClN4O.HI/c1-16(19-9-3-4-10-20(19)23)26-22(24-2)25-14-17-7-5-8-18(13-17)15-27-12-6-11-21(27)28;/h3-5,7-10,13,16H,6,11-12,14-15H2,1-2H3,(H2,24,25,26);1H. The Balaban J connectivity index is 0.00000300. The fourth-order valence-corrected chi connectivity index (χ4v) is 3.72. The number of carbonyl (C=O) groups excluding carboxylic acids is 1. The van der Waals surface area contributed by atoms with E-state index in [1.165, 1.54) is 0 Å². The molecule has 0 radical (unpaired) electrons. The molecule has 0 aliphatic carbocycles. The van der Waals surface area contributed by atoms with E-state index in [9.17, 15) is 4.79 Å². The average Bonchev–Trinajstić information content (AvgIpc) is 3.10. The number of benzene rings is 2. The van der Waals surface area contributed by atoms with Crippen molar-refractivity contribution in [2.75, 3.05) is 13.6 Å². The van der Waals surface area contributed by atoms with Crippen LogP contribution in [0.3, 0.4) is 0 Å². The Morgan fingerprint density at radius 2 is 1.97 bits per heavy atom. The number of rotatable bonds is 6. The monoisotopic (exact) mass is 526 g/mol. The van der Waals surface area contributed by atoms with Crippen LogP contribution in [0.15, 0.2) is 53.5 Å². The zero-order valence-corrected chi connectivity index (χ0v) is 19.9. The van der Waals surface area contributed by atoms with Gasteiger partial charge in [0.15, 0.2) is 5.96 Å². The molecule has 0 saturated carbocycles. The smallest absolute Gasteiger partial charge is 0.222 e. The molecule has 1 atom stereocenters. The number of hydrogen-bond acceptors (Lipinski definition) is 2. The fourth-order valence-electron chi connectivity index (χ4n) is 3.42. The van der Waals surface area contributed by atoms with E-state index in [-0.39, 0.29) is 35.9 Å². The lowest BCUT2D eigenvalue weighted by molar-refractivity contribution is -0.128. The summed E-state index contributed by atoms with van der Waals surface area (Å²) in [5.41, 5.74) is 3.34. The predicted molar refractivity (Wildman–Crippen MR) is 130 cm³/mol. The summed E-state index contributed by atoms with van der Waals surface area (Å²) in [4.78, 5) is 18.1. The molecule has 0 bridgehead atoms. The number of guanidine groups is 1. The third-order valence-electron chi connectivity index (χ3n) is 4.94. The van der Waals surface area contributed by atoms with Crippen LogP contribution >= 0.6 is 35.6 Å². The molecule has 156 valence electrons. The van der Waals surface area contributed by atoms with Crippen molar-refractivity contribution in [3.05, 3.63) is 70.2 Å². The molecule has 1 aliphatic rings. The second kappa shape index (κ2) is 11.4. The summed E-state index contributed by atoms with van der Waals surface area (Å²) in [6.45, 7) is 4.25. The molecule has 2 N–H and O–H groups in total. The van der Waals surface area contributed by atoms with E-state index >= 15 is 0 Å². The van der Waals surface area contributed by atoms with Crippen LogP contribution in [0.4, 0.5) is 0 Å². The molecular weight excluding hydrogens is 499 g/mol. The normalized spacial score (nSPS) is 15.1. The van der Waals surface area contributed by atoms with Crippen molar-refractivity contribution in [3.8, 4) is 0 Å². The van der Waals surface area contributed by atoms with Gasteiger partial charge in [0.1, 0.15) is 0 Å². The molecule has 1 unspecified atom stereocenters. The van der Waals surface area contributed by atoms with Gasteiger partial charge >= 0.3 is 0 Å². The summed E-state index contributed by atoms with van der Waals surface area (Å²) in [7, 11) is 1.75. The van der Waals surface area contributed by atoms with E-state index in [1.807, 2.05) is 35.2 Å². The van der Waals surface area contributed by atoms with Crippen LogP contribution in [0.1, 0.15) is 42.5 Å². The Morgan fingerprint density at radius 1 is 1.21 bits per heavy atom. The molecule has 0 spiro atoms. The second-order valence-electron chi connectivity index (χ2n) is 7.05. The number of amides is 1. The van der Waals surface area contributed by atoms with Crippen LogP contribution in [0.2, 0.25) is 5.02 Å². The van der Waals surface area contributed by atoms with Gasteiger partial charge in [0, 0.05) is 38.1 Å². The van der Waals surface area contributed by atoms with Crippen LogP contribution in [0.5, 0.6) is 0 Å². The minimum Gasteiger partial charge on any atom is -0.352 e. The fraction of sp³-hybridized carbons (Fsp3) is 0.364. The number of likely N-dealkylation sites (tertiary alicyclic amines) is 1. The molecule has 2 aromatic carbocycles. The summed E-state index contributed by atoms with van der Waals surface area (Å²) in [6.07, 6.45) is 1.64. The third kappa shape index (κ3) is 6.60. The Bertz CT molecular complexity index is 858. The summed E-state index contributed by atoms with van der Waals surface area (Å²) in [5.74, 6) is 0.967. The molecule has 7 heteroatoms. The molecule has 1 heterocycles. The van der Waals surface area contributed by atoms with E-state index in [2.05, 4.69) is 40.7 Å². The lowest BCUT2D eigenvalue weighted by atomic mass is 10.1. The molecule has 1 saturated heterocycles. The zero-order valence-electron chi connectivity index (χ0n) is 16.8. The molecule has 5 nitrogen and oxygen atoms in total. The number of aliphatic imine (C=N–C) groups is 1. The Morgan fingerprint density at radius 3 is 2.66 bits per heavy atom. The van der Waals surface area contributed by atoms with Crippen molar-refractivity contribution in [1.29, 1.82) is 0 Å². The first-order valence-corrected chi connectivity index (χ1v) is 10.0. The average molecular weight is 527 g/mol. The Hall–Kier alpha value is -1.80. The summed E-state index contributed by atoms with van der Waals surface area (Å²) in [5, 5.41) is 7.46. The number of nitrogens with one attached hydrogen (secondary N) is 2. The van der Waals surface area contributed by atoms with Crippen molar-refractivity contribution >= 4 is 47.4 Å². The van der Waals surface area contributed by atoms with E-state index < -0.39 is 0 Å². The van der Waals surface area contributed by atoms with Crippen LogP contribution in [0, 0.1) is 0 Å². The molecule has 3 rings (SSSR count). The maximum absolute atomic E-state index is 11.8. The van der Waals surface area contributed by atoms with Crippen molar-refractivity contribution in [3.63, 3.8) is 0 Å². The highest BCUT2D eigenvalue weighted by molar-refractivity contribution is 14.0. The van der Waals surface area contributed by atoms with Crippen LogP contribution in [-0.2, 0) is 17.9 Å². The second-order valence-corrected chi connectivity index (χ2v) is 7.46. The van der Waals surface area contributed by atoms with Gasteiger partial charge in [-0.2, -0.15) is 0 Å². The maximum Gasteiger partial charge on any atom is 0.222 e. The van der Waals surface area contributed by atoms with Crippen molar-refractivity contribution < 1.29 is 4.79 Å². The van der Waals surface area contributed by atoms with Gasteiger partial charge in [-0.3, -0.25) is 9.79 Å². The first-order valence-electron chi connectivity index (χ1n) is 9.64. The lowest BCUT2D eigenvalue weighted by Gasteiger charge is -2.20. The molecule has 1 aliphatic heterocycles. The molecule has 1 fully saturated rings. The maximum atomic E-state index is 11.8. The van der Waals surface area contributed by atoms with Gasteiger partial charge in [-0.15, -0.1) is 24.0 Å². The minimum atomic E-state index is 0. The van der Waals surface area contributed by atoms with Crippen LogP contribution < -0.4 is 10.6 Å². The van der Waals surface area contributed by atoms with Crippen LogP contribution in [0.25, 0.3) is 0 Å². The van der Waals surface area contributed by atoms with Gasteiger partial charge < -0.3 is 15.5 Å². The van der Waals surface area contributed by atoms with Gasteiger partial charge in [0.2, 0.25) is 5.91 Å². The highest BCUT2D eigenvalue weighted by atomic mass is 127. The zero-order chi connectivity index (χ0) is 19.9. The SMILES string of the molecule is CN=C(NCc1cccc(CN2CCCC2=O)c1)NC(C)c1ccccc1Cl.I. The lowest BCUT2D eigenvalue weighted by Crippen LogP contribution is -2.38. The van der Waals surface area contributed by atoms with Crippen molar-refractivity contribution in [2.45, 2.75) is 38.9 Å². The van der Waals surface area contributed by atoms with E-state index in [0.717, 1.165) is 34.7 Å². The quantitative estimate of drug-likeness (QED) is 0.331. The van der Waals surface area contributed by atoms with E-state index in [0.29, 0.717) is 25.5 Å². The van der Waals surface area contributed by atoms with Crippen molar-refractivity contribution in [2.24, 2.45) is 4.99 Å². The highest BCUT2D eigenvalue weighted by Crippen LogP contribution is 2.22. The molecule has 0 aromatic heterocycles. The molecule has 1 amide bonds. The van der Waals surface area contributed by atoms with Gasteiger partial charge in [-0.05, 0) is 36.1 Å². The molecular formula is C22H28ClIN4O. The first-order chi connectivity index (χ1) is 13.6. The van der Waals surface area contributed by atoms with Gasteiger partial charge in [-0.25, -0.2) is 0 Å². The number of halogens is 2. The summed E-state index contributed by atoms with van der Waals surface area (Å²) >= 11 is 6.29. The Labute approximate surface area is 194 Å². The molecule has 2 aromatic rings. The van der Waals surface area contributed by atoms with Crippen molar-refractivity contribution in [1.82, 2.24) is 15.5 Å². The summed E-state index contributed by atoms with van der Waals surface area (Å²) < 4.78 is 0. The third-order valence-corrected chi connectivity index (χ3v) is 5.29. The van der Waals surface area contributed by atoms with Gasteiger partial charge in [0.05, 0.1) is 6.04 Å². The highest BCUT2D eigenvalue weighted by Gasteiger charge is 2.20. The number of nitrogens with zero attached hydrogens (tertiary/aromatic N) is 2. The minimum absolute atomic E-state index is 0. The predicted octanol–water partition coefficient (Wildman–Crippen LogP) is 4.51. The van der Waals surface area contributed by atoms with E-state index in [4.69, 9.17) is 11.6 Å². The first kappa shape index (κ1) is 23.5. The van der Waals surface area contributed by atoms with Gasteiger partial charge in [-0.1, -0.05) is 54.1 Å². The summed E-state index contributed by atoms with van der Waals surface area (Å²) in [6, 6.07) is 16.2. The molecule has 29 heavy (non-hydrogen) atoms. The van der Waals surface area contributed by atoms with E-state index in [1.54, 1.807) is 7.05 Å².